The molecule has 1 aliphatic heterocycles. The van der Waals surface area contributed by atoms with Gasteiger partial charge in [0.1, 0.15) is 17.3 Å². The first-order chi connectivity index (χ1) is 14.5. The minimum absolute atomic E-state index is 0.00711. The van der Waals surface area contributed by atoms with Gasteiger partial charge in [0.2, 0.25) is 15.1 Å². The van der Waals surface area contributed by atoms with Crippen molar-refractivity contribution in [2.45, 2.75) is 35.9 Å². The van der Waals surface area contributed by atoms with Gasteiger partial charge in [0, 0.05) is 27.2 Å². The highest BCUT2D eigenvalue weighted by Gasteiger charge is 2.29. The number of benzene rings is 1. The van der Waals surface area contributed by atoms with Gasteiger partial charge in [0.25, 0.3) is 10.0 Å². The van der Waals surface area contributed by atoms with Gasteiger partial charge in [-0.3, -0.25) is 0 Å². The number of furan rings is 1. The molecule has 1 aromatic carbocycles. The molecule has 0 bridgehead atoms. The van der Waals surface area contributed by atoms with Crippen molar-refractivity contribution in [2.24, 2.45) is 0 Å². The van der Waals surface area contributed by atoms with E-state index in [0.29, 0.717) is 13.1 Å². The molecule has 0 unspecified atom stereocenters. The summed E-state index contributed by atoms with van der Waals surface area (Å²) >= 11 is 6.11. The predicted octanol–water partition coefficient (Wildman–Crippen LogP) is 2.71. The van der Waals surface area contributed by atoms with Crippen LogP contribution in [-0.2, 0) is 31.4 Å². The summed E-state index contributed by atoms with van der Waals surface area (Å²) in [7, 11) is -4.84. The van der Waals surface area contributed by atoms with Crippen molar-refractivity contribution in [3.05, 3.63) is 46.7 Å². The predicted molar refractivity (Wildman–Crippen MR) is 113 cm³/mol. The maximum absolute atomic E-state index is 12.9. The lowest BCUT2D eigenvalue weighted by atomic mass is 10.2. The number of esters is 1. The lowest BCUT2D eigenvalue weighted by Gasteiger charge is -2.26. The van der Waals surface area contributed by atoms with Gasteiger partial charge in [0.05, 0.1) is 10.6 Å². The van der Waals surface area contributed by atoms with E-state index in [1.165, 1.54) is 48.7 Å². The smallest absolute Gasteiger partial charge is 0.338 e. The Morgan fingerprint density at radius 1 is 1.10 bits per heavy atom. The Hall–Kier alpha value is -1.92. The van der Waals surface area contributed by atoms with E-state index in [4.69, 9.17) is 20.8 Å². The van der Waals surface area contributed by atoms with Crippen LogP contribution in [0.3, 0.4) is 0 Å². The molecule has 1 aliphatic rings. The Kier molecular flexibility index (Phi) is 7.11. The highest BCUT2D eigenvalue weighted by Crippen LogP contribution is 2.28. The molecule has 1 saturated heterocycles. The highest BCUT2D eigenvalue weighted by molar-refractivity contribution is 7.89. The third-order valence-electron chi connectivity index (χ3n) is 4.82. The SMILES string of the molecule is CN(C)S(=O)(=O)c1ccc(COC(=O)c2ccc(Cl)c(S(=O)(=O)N3CCCCC3)c2)o1. The molecule has 0 radical (unpaired) electrons. The summed E-state index contributed by atoms with van der Waals surface area (Å²) in [5, 5.41) is -0.253. The van der Waals surface area contributed by atoms with E-state index in [-0.39, 0.29) is 32.9 Å². The van der Waals surface area contributed by atoms with Crippen molar-refractivity contribution in [1.29, 1.82) is 0 Å². The van der Waals surface area contributed by atoms with Gasteiger partial charge in [-0.05, 0) is 43.2 Å². The van der Waals surface area contributed by atoms with Crippen LogP contribution in [0.1, 0.15) is 35.4 Å². The van der Waals surface area contributed by atoms with Crippen LogP contribution < -0.4 is 0 Å². The average Bonchev–Trinajstić information content (AvgIpc) is 3.22. The standard InChI is InChI=1S/C19H23ClN2O7S2/c1-21(2)31(26,27)18-9-7-15(29-18)13-28-19(23)14-6-8-16(20)17(12-14)30(24,25)22-10-4-3-5-11-22/h6-9,12H,3-5,10-11,13H2,1-2H3. The van der Waals surface area contributed by atoms with Crippen molar-refractivity contribution >= 4 is 37.6 Å². The maximum Gasteiger partial charge on any atom is 0.338 e. The fourth-order valence-corrected chi connectivity index (χ4v) is 5.88. The number of halogens is 1. The van der Waals surface area contributed by atoms with E-state index >= 15 is 0 Å². The highest BCUT2D eigenvalue weighted by atomic mass is 35.5. The van der Waals surface area contributed by atoms with Crippen molar-refractivity contribution in [2.75, 3.05) is 27.2 Å². The first-order valence-corrected chi connectivity index (χ1v) is 12.8. The summed E-state index contributed by atoms with van der Waals surface area (Å²) in [4.78, 5) is 12.3. The van der Waals surface area contributed by atoms with Crippen LogP contribution in [0.2, 0.25) is 5.02 Å². The van der Waals surface area contributed by atoms with Crippen LogP contribution in [-0.4, -0.2) is 58.6 Å². The molecule has 2 heterocycles. The summed E-state index contributed by atoms with van der Waals surface area (Å²) in [5.41, 5.74) is 0.00711. The Morgan fingerprint density at radius 2 is 1.77 bits per heavy atom. The van der Waals surface area contributed by atoms with Gasteiger partial charge in [-0.25, -0.2) is 25.9 Å². The van der Waals surface area contributed by atoms with Crippen LogP contribution in [0.25, 0.3) is 0 Å². The largest absolute Gasteiger partial charge is 0.454 e. The molecular formula is C19H23ClN2O7S2. The molecule has 3 rings (SSSR count). The second kappa shape index (κ2) is 9.29. The summed E-state index contributed by atoms with van der Waals surface area (Å²) in [6.45, 7) is 0.493. The number of piperidine rings is 1. The second-order valence-corrected chi connectivity index (χ2v) is 11.6. The first kappa shape index (κ1) is 23.7. The minimum atomic E-state index is -3.83. The van der Waals surface area contributed by atoms with Gasteiger partial charge in [0.15, 0.2) is 0 Å². The average molecular weight is 491 g/mol. The number of hydrogen-bond acceptors (Lipinski definition) is 7. The molecule has 0 N–H and O–H groups in total. The van der Waals surface area contributed by atoms with Crippen molar-refractivity contribution < 1.29 is 30.8 Å². The molecule has 0 aliphatic carbocycles. The molecule has 2 aromatic rings. The van der Waals surface area contributed by atoms with Crippen molar-refractivity contribution in [3.63, 3.8) is 0 Å². The number of carbonyl (C=O) groups is 1. The summed E-state index contributed by atoms with van der Waals surface area (Å²) in [5.74, 6) is -0.663. The van der Waals surface area contributed by atoms with Crippen molar-refractivity contribution in [1.82, 2.24) is 8.61 Å². The fourth-order valence-electron chi connectivity index (χ4n) is 3.05. The normalized spacial score (nSPS) is 15.9. The Labute approximate surface area is 186 Å². The maximum atomic E-state index is 12.9. The minimum Gasteiger partial charge on any atom is -0.454 e. The fraction of sp³-hybridized carbons (Fsp3) is 0.421. The number of carbonyl (C=O) groups excluding carboxylic acids is 1. The zero-order valence-electron chi connectivity index (χ0n) is 17.1. The summed E-state index contributed by atoms with van der Waals surface area (Å²) in [6.07, 6.45) is 2.51. The molecule has 31 heavy (non-hydrogen) atoms. The Bertz CT molecular complexity index is 1170. The second-order valence-electron chi connectivity index (χ2n) is 7.19. The lowest BCUT2D eigenvalue weighted by molar-refractivity contribution is 0.0440. The van der Waals surface area contributed by atoms with Crippen LogP contribution in [0.5, 0.6) is 0 Å². The summed E-state index contributed by atoms with van der Waals surface area (Å²) < 4.78 is 62.7. The number of ether oxygens (including phenoxy) is 1. The van der Waals surface area contributed by atoms with Crippen LogP contribution >= 0.6 is 11.6 Å². The van der Waals surface area contributed by atoms with Gasteiger partial charge in [-0.2, -0.15) is 4.31 Å². The molecule has 9 nitrogen and oxygen atoms in total. The monoisotopic (exact) mass is 490 g/mol. The molecule has 12 heteroatoms. The van der Waals surface area contributed by atoms with E-state index in [9.17, 15) is 21.6 Å². The third kappa shape index (κ3) is 5.12. The molecule has 0 atom stereocenters. The number of sulfonamides is 2. The van der Waals surface area contributed by atoms with E-state index < -0.39 is 26.0 Å². The lowest BCUT2D eigenvalue weighted by Crippen LogP contribution is -2.35. The molecule has 0 saturated carbocycles. The van der Waals surface area contributed by atoms with Gasteiger partial charge in [-0.1, -0.05) is 18.0 Å². The summed E-state index contributed by atoms with van der Waals surface area (Å²) in [6, 6.07) is 6.55. The van der Waals surface area contributed by atoms with Crippen molar-refractivity contribution in [3.8, 4) is 0 Å². The zero-order valence-corrected chi connectivity index (χ0v) is 19.5. The first-order valence-electron chi connectivity index (χ1n) is 9.51. The molecule has 1 fully saturated rings. The van der Waals surface area contributed by atoms with E-state index in [1.54, 1.807) is 0 Å². The molecule has 1 aromatic heterocycles. The molecule has 170 valence electrons. The zero-order chi connectivity index (χ0) is 22.8. The number of rotatable bonds is 7. The molecule has 0 spiro atoms. The van der Waals surface area contributed by atoms with Gasteiger partial charge < -0.3 is 9.15 Å². The quantitative estimate of drug-likeness (QED) is 0.548. The topological polar surface area (TPSA) is 114 Å². The van der Waals surface area contributed by atoms with Gasteiger partial charge >= 0.3 is 5.97 Å². The van der Waals surface area contributed by atoms with Crippen LogP contribution in [0, 0.1) is 0 Å². The van der Waals surface area contributed by atoms with Gasteiger partial charge in [-0.15, -0.1) is 0 Å². The van der Waals surface area contributed by atoms with Crippen LogP contribution in [0.4, 0.5) is 0 Å². The van der Waals surface area contributed by atoms with Crippen LogP contribution in [0.15, 0.2) is 44.7 Å². The van der Waals surface area contributed by atoms with E-state index in [1.807, 2.05) is 0 Å². The number of hydrogen-bond donors (Lipinski definition) is 0. The number of nitrogens with zero attached hydrogens (tertiary/aromatic N) is 2. The van der Waals surface area contributed by atoms with E-state index in [0.717, 1.165) is 23.6 Å². The Balaban J connectivity index is 1.75. The van der Waals surface area contributed by atoms with E-state index in [2.05, 4.69) is 0 Å². The Morgan fingerprint density at radius 3 is 2.42 bits per heavy atom. The molecule has 0 amide bonds. The molecular weight excluding hydrogens is 468 g/mol. The third-order valence-corrected chi connectivity index (χ3v) is 8.89.